The van der Waals surface area contributed by atoms with Gasteiger partial charge in [-0.05, 0) is 18.4 Å². The minimum Gasteiger partial charge on any atom is -0.369 e. The summed E-state index contributed by atoms with van der Waals surface area (Å²) in [5.74, 6) is 0. The fourth-order valence-corrected chi connectivity index (χ4v) is 1.44. The molecule has 2 rings (SSSR count). The zero-order chi connectivity index (χ0) is 9.26. The highest BCUT2D eigenvalue weighted by molar-refractivity contribution is 5.68. The maximum absolute atomic E-state index is 10.6. The lowest BCUT2D eigenvalue weighted by Crippen LogP contribution is -2.08. The van der Waals surface area contributed by atoms with Crippen molar-refractivity contribution in [1.82, 2.24) is 0 Å². The molecule has 0 atom stereocenters. The normalized spacial score (nSPS) is 14.5. The van der Waals surface area contributed by atoms with Crippen molar-refractivity contribution in [3.63, 3.8) is 0 Å². The SMILES string of the molecule is O=[N+]([O-])c1cccc2c1N[C]CC2. The summed E-state index contributed by atoms with van der Waals surface area (Å²) in [5.41, 5.74) is 1.72. The summed E-state index contributed by atoms with van der Waals surface area (Å²) in [7, 11) is 0. The molecule has 66 valence electrons. The Labute approximate surface area is 75.7 Å². The Morgan fingerprint density at radius 3 is 3.15 bits per heavy atom. The molecule has 0 saturated heterocycles. The van der Waals surface area contributed by atoms with Crippen LogP contribution in [0, 0.1) is 16.7 Å². The quantitative estimate of drug-likeness (QED) is 0.525. The van der Waals surface area contributed by atoms with E-state index in [4.69, 9.17) is 0 Å². The van der Waals surface area contributed by atoms with Gasteiger partial charge < -0.3 is 5.32 Å². The van der Waals surface area contributed by atoms with E-state index in [1.54, 1.807) is 6.07 Å². The first kappa shape index (κ1) is 8.04. The summed E-state index contributed by atoms with van der Waals surface area (Å²) in [6.45, 7) is 2.88. The predicted molar refractivity (Wildman–Crippen MR) is 48.3 cm³/mol. The van der Waals surface area contributed by atoms with Crippen molar-refractivity contribution in [2.24, 2.45) is 0 Å². The van der Waals surface area contributed by atoms with Gasteiger partial charge in [0.05, 0.1) is 11.5 Å². The van der Waals surface area contributed by atoms with E-state index in [1.165, 1.54) is 6.07 Å². The number of rotatable bonds is 1. The number of aryl methyl sites for hydroxylation is 1. The maximum atomic E-state index is 10.6. The van der Waals surface area contributed by atoms with Gasteiger partial charge in [-0.2, -0.15) is 0 Å². The molecule has 1 aliphatic heterocycles. The van der Waals surface area contributed by atoms with Crippen LogP contribution in [-0.2, 0) is 6.42 Å². The van der Waals surface area contributed by atoms with Gasteiger partial charge in [0.15, 0.2) is 0 Å². The van der Waals surface area contributed by atoms with E-state index in [9.17, 15) is 10.1 Å². The van der Waals surface area contributed by atoms with Crippen LogP contribution in [0.4, 0.5) is 11.4 Å². The van der Waals surface area contributed by atoms with Crippen LogP contribution >= 0.6 is 0 Å². The number of benzene rings is 1. The molecule has 1 N–H and O–H groups in total. The fourth-order valence-electron chi connectivity index (χ4n) is 1.44. The molecule has 1 aromatic rings. The molecule has 0 aromatic heterocycles. The molecule has 4 heteroatoms. The topological polar surface area (TPSA) is 55.2 Å². The molecular formula is C9H8N2O2. The third-order valence-corrected chi connectivity index (χ3v) is 2.06. The minimum atomic E-state index is -0.376. The van der Waals surface area contributed by atoms with Gasteiger partial charge in [0.2, 0.25) is 0 Å². The Bertz CT molecular complexity index is 349. The van der Waals surface area contributed by atoms with Crippen molar-refractivity contribution in [1.29, 1.82) is 0 Å². The van der Waals surface area contributed by atoms with Crippen LogP contribution in [0.1, 0.15) is 12.0 Å². The highest BCUT2D eigenvalue weighted by Crippen LogP contribution is 2.32. The van der Waals surface area contributed by atoms with Crippen LogP contribution in [0.5, 0.6) is 0 Å². The summed E-state index contributed by atoms with van der Waals surface area (Å²) in [6.07, 6.45) is 1.62. The van der Waals surface area contributed by atoms with Gasteiger partial charge in [0, 0.05) is 6.07 Å². The number of nitro groups is 1. The fraction of sp³-hybridized carbons (Fsp3) is 0.222. The van der Waals surface area contributed by atoms with Gasteiger partial charge in [-0.3, -0.25) is 10.1 Å². The van der Waals surface area contributed by atoms with Crippen LogP contribution < -0.4 is 5.32 Å². The lowest BCUT2D eigenvalue weighted by molar-refractivity contribution is -0.384. The van der Waals surface area contributed by atoms with Crippen molar-refractivity contribution in [2.75, 3.05) is 5.32 Å². The summed E-state index contributed by atoms with van der Waals surface area (Å²) in [4.78, 5) is 10.2. The molecule has 0 aliphatic carbocycles. The molecular weight excluding hydrogens is 168 g/mol. The molecule has 0 unspecified atom stereocenters. The highest BCUT2D eigenvalue weighted by atomic mass is 16.6. The Morgan fingerprint density at radius 1 is 1.54 bits per heavy atom. The zero-order valence-corrected chi connectivity index (χ0v) is 6.91. The third kappa shape index (κ3) is 1.35. The number of hydrogen-bond donors (Lipinski definition) is 1. The van der Waals surface area contributed by atoms with Gasteiger partial charge in [-0.1, -0.05) is 12.1 Å². The molecule has 1 aromatic carbocycles. The van der Waals surface area contributed by atoms with Crippen molar-refractivity contribution in [3.05, 3.63) is 40.4 Å². The Morgan fingerprint density at radius 2 is 2.38 bits per heavy atom. The van der Waals surface area contributed by atoms with E-state index < -0.39 is 0 Å². The molecule has 1 aliphatic rings. The molecule has 13 heavy (non-hydrogen) atoms. The summed E-state index contributed by atoms with van der Waals surface area (Å²) in [6, 6.07) is 5.11. The second-order valence-corrected chi connectivity index (χ2v) is 2.87. The van der Waals surface area contributed by atoms with Crippen LogP contribution in [0.15, 0.2) is 18.2 Å². The van der Waals surface area contributed by atoms with Crippen molar-refractivity contribution in [3.8, 4) is 0 Å². The Hall–Kier alpha value is -1.58. The second kappa shape index (κ2) is 3.05. The largest absolute Gasteiger partial charge is 0.369 e. The molecule has 2 radical (unpaired) electrons. The highest BCUT2D eigenvalue weighted by Gasteiger charge is 2.19. The summed E-state index contributed by atoms with van der Waals surface area (Å²) >= 11 is 0. The monoisotopic (exact) mass is 176 g/mol. The Balaban J connectivity index is 2.52. The number of nitro benzene ring substituents is 1. The first-order valence-electron chi connectivity index (χ1n) is 4.04. The first-order valence-corrected chi connectivity index (χ1v) is 4.04. The lowest BCUT2D eigenvalue weighted by atomic mass is 10.0. The van der Waals surface area contributed by atoms with Gasteiger partial charge in [-0.25, -0.2) is 0 Å². The van der Waals surface area contributed by atoms with Crippen molar-refractivity contribution >= 4 is 11.4 Å². The van der Waals surface area contributed by atoms with Gasteiger partial charge in [0.25, 0.3) is 5.69 Å². The smallest absolute Gasteiger partial charge is 0.292 e. The van der Waals surface area contributed by atoms with Crippen LogP contribution in [0.25, 0.3) is 0 Å². The number of fused-ring (bicyclic) bond motifs is 1. The number of nitrogens with zero attached hydrogens (tertiary/aromatic N) is 1. The first-order chi connectivity index (χ1) is 6.29. The number of nitrogens with one attached hydrogen (secondary N) is 1. The standard InChI is InChI=1S/C9H8N2O2/c12-11(13)8-5-1-3-7-4-2-6-10-9(7)8/h1,3,5,10H,2,4H2. The van der Waals surface area contributed by atoms with Crippen LogP contribution in [-0.4, -0.2) is 4.92 Å². The van der Waals surface area contributed by atoms with E-state index in [1.807, 2.05) is 6.07 Å². The molecule has 4 nitrogen and oxygen atoms in total. The Kier molecular flexibility index (Phi) is 1.88. The van der Waals surface area contributed by atoms with Crippen LogP contribution in [0.3, 0.4) is 0 Å². The molecule has 0 fully saturated rings. The van der Waals surface area contributed by atoms with E-state index in [0.717, 1.165) is 18.4 Å². The van der Waals surface area contributed by atoms with Gasteiger partial charge in [-0.15, -0.1) is 0 Å². The number of anilines is 1. The average molecular weight is 176 g/mol. The number of para-hydroxylation sites is 1. The summed E-state index contributed by atoms with van der Waals surface area (Å²) < 4.78 is 0. The predicted octanol–water partition coefficient (Wildman–Crippen LogP) is 1.99. The lowest BCUT2D eigenvalue weighted by Gasteiger charge is -2.15. The number of hydrogen-bond acceptors (Lipinski definition) is 3. The zero-order valence-electron chi connectivity index (χ0n) is 6.91. The molecule has 0 bridgehead atoms. The summed E-state index contributed by atoms with van der Waals surface area (Å²) in [5, 5.41) is 13.4. The van der Waals surface area contributed by atoms with Crippen molar-refractivity contribution < 1.29 is 4.92 Å². The van der Waals surface area contributed by atoms with E-state index in [-0.39, 0.29) is 10.6 Å². The van der Waals surface area contributed by atoms with Crippen molar-refractivity contribution in [2.45, 2.75) is 12.8 Å². The van der Waals surface area contributed by atoms with Gasteiger partial charge in [0.1, 0.15) is 5.69 Å². The molecule has 1 heterocycles. The molecule has 0 saturated carbocycles. The minimum absolute atomic E-state index is 0.129. The van der Waals surface area contributed by atoms with E-state index in [0.29, 0.717) is 5.69 Å². The molecule has 0 spiro atoms. The van der Waals surface area contributed by atoms with E-state index >= 15 is 0 Å². The molecule has 0 amide bonds. The van der Waals surface area contributed by atoms with Gasteiger partial charge >= 0.3 is 0 Å². The van der Waals surface area contributed by atoms with Crippen LogP contribution in [0.2, 0.25) is 0 Å². The third-order valence-electron chi connectivity index (χ3n) is 2.06. The second-order valence-electron chi connectivity index (χ2n) is 2.87. The van der Waals surface area contributed by atoms with E-state index in [2.05, 4.69) is 11.9 Å². The maximum Gasteiger partial charge on any atom is 0.292 e. The average Bonchev–Trinajstić information content (AvgIpc) is 2.17.